The van der Waals surface area contributed by atoms with Crippen molar-refractivity contribution in [1.29, 1.82) is 0 Å². The van der Waals surface area contributed by atoms with Gasteiger partial charge in [0, 0.05) is 6.07 Å². The van der Waals surface area contributed by atoms with Crippen LogP contribution >= 0.6 is 0 Å². The predicted molar refractivity (Wildman–Crippen MR) is 63.7 cm³/mol. The smallest absolute Gasteiger partial charge is 0.338 e. The van der Waals surface area contributed by atoms with Gasteiger partial charge in [-0.1, -0.05) is 0 Å². The van der Waals surface area contributed by atoms with Crippen molar-refractivity contribution < 1.29 is 23.4 Å². The highest BCUT2D eigenvalue weighted by Gasteiger charge is 2.12. The molecule has 5 nitrogen and oxygen atoms in total. The molecule has 1 aromatic carbocycles. The first-order valence-corrected chi connectivity index (χ1v) is 5.56. The number of rotatable bonds is 4. The van der Waals surface area contributed by atoms with Crippen LogP contribution in [-0.4, -0.2) is 16.1 Å². The van der Waals surface area contributed by atoms with Gasteiger partial charge in [0.25, 0.3) is 0 Å². The molecule has 100 valence electrons. The van der Waals surface area contributed by atoms with E-state index in [9.17, 15) is 9.18 Å². The van der Waals surface area contributed by atoms with Crippen molar-refractivity contribution in [3.63, 3.8) is 0 Å². The number of hydrogen-bond acceptors (Lipinski definition) is 4. The average molecular weight is 265 g/mol. The van der Waals surface area contributed by atoms with Crippen LogP contribution in [0.25, 0.3) is 0 Å². The van der Waals surface area contributed by atoms with Crippen LogP contribution in [-0.2, 0) is 6.61 Å². The summed E-state index contributed by atoms with van der Waals surface area (Å²) >= 11 is 0. The zero-order valence-electron chi connectivity index (χ0n) is 10.4. The Morgan fingerprint density at radius 2 is 2.21 bits per heavy atom. The van der Waals surface area contributed by atoms with Gasteiger partial charge in [-0.2, -0.15) is 0 Å². The number of oxazole rings is 1. The number of benzene rings is 1. The van der Waals surface area contributed by atoms with Gasteiger partial charge in [0.1, 0.15) is 17.3 Å². The monoisotopic (exact) mass is 265 g/mol. The van der Waals surface area contributed by atoms with Gasteiger partial charge in [-0.25, -0.2) is 14.2 Å². The molecule has 0 atom stereocenters. The van der Waals surface area contributed by atoms with Gasteiger partial charge in [0.2, 0.25) is 5.89 Å². The third-order valence-corrected chi connectivity index (χ3v) is 2.61. The molecule has 1 heterocycles. The van der Waals surface area contributed by atoms with E-state index < -0.39 is 17.3 Å². The summed E-state index contributed by atoms with van der Waals surface area (Å²) in [4.78, 5) is 14.8. The maximum atomic E-state index is 13.4. The minimum atomic E-state index is -1.32. The lowest BCUT2D eigenvalue weighted by molar-refractivity contribution is 0.0691. The molecular weight excluding hydrogens is 253 g/mol. The summed E-state index contributed by atoms with van der Waals surface area (Å²) in [6.07, 6.45) is 0. The van der Waals surface area contributed by atoms with Crippen LogP contribution in [0.5, 0.6) is 5.75 Å². The van der Waals surface area contributed by atoms with E-state index in [1.807, 2.05) is 6.92 Å². The van der Waals surface area contributed by atoms with Crippen molar-refractivity contribution in [2.24, 2.45) is 0 Å². The zero-order chi connectivity index (χ0) is 14.0. The first-order chi connectivity index (χ1) is 8.97. The third kappa shape index (κ3) is 2.90. The van der Waals surface area contributed by atoms with Crippen LogP contribution in [0.4, 0.5) is 4.39 Å². The molecular formula is C13H12FNO4. The van der Waals surface area contributed by atoms with Gasteiger partial charge in [-0.05, 0) is 26.0 Å². The quantitative estimate of drug-likeness (QED) is 0.920. The third-order valence-electron chi connectivity index (χ3n) is 2.61. The maximum absolute atomic E-state index is 13.4. The molecule has 0 unspecified atom stereocenters. The van der Waals surface area contributed by atoms with Crippen LogP contribution in [0.2, 0.25) is 0 Å². The number of carboxylic acid groups (broad SMARTS) is 1. The molecule has 19 heavy (non-hydrogen) atoms. The summed E-state index contributed by atoms with van der Waals surface area (Å²) in [5, 5.41) is 8.69. The number of hydrogen-bond donors (Lipinski definition) is 1. The van der Waals surface area contributed by atoms with E-state index in [0.717, 1.165) is 17.8 Å². The van der Waals surface area contributed by atoms with Crippen molar-refractivity contribution in [2.75, 3.05) is 0 Å². The number of ether oxygens (including phenoxy) is 1. The lowest BCUT2D eigenvalue weighted by Gasteiger charge is -2.04. The summed E-state index contributed by atoms with van der Waals surface area (Å²) in [6.45, 7) is 3.65. The SMILES string of the molecule is Cc1nc(COc2ccc(C(=O)O)c(F)c2)oc1C. The topological polar surface area (TPSA) is 72.6 Å². The van der Waals surface area contributed by atoms with E-state index >= 15 is 0 Å². The van der Waals surface area contributed by atoms with E-state index in [0.29, 0.717) is 11.7 Å². The molecule has 0 aliphatic rings. The Hall–Kier alpha value is -2.37. The van der Waals surface area contributed by atoms with Crippen LogP contribution in [0, 0.1) is 19.7 Å². The zero-order valence-corrected chi connectivity index (χ0v) is 10.4. The van der Waals surface area contributed by atoms with Crippen molar-refractivity contribution in [3.05, 3.63) is 46.9 Å². The second-order valence-electron chi connectivity index (χ2n) is 3.98. The Kier molecular flexibility index (Phi) is 3.50. The number of carbonyl (C=O) groups is 1. The minimum absolute atomic E-state index is 0.0561. The molecule has 0 radical (unpaired) electrons. The molecule has 2 rings (SSSR count). The summed E-state index contributed by atoms with van der Waals surface area (Å²) < 4.78 is 24.0. The molecule has 0 fully saturated rings. The van der Waals surface area contributed by atoms with Crippen molar-refractivity contribution in [3.8, 4) is 5.75 Å². The highest BCUT2D eigenvalue weighted by Crippen LogP contribution is 2.18. The molecule has 0 amide bonds. The molecule has 0 saturated heterocycles. The number of aromatic nitrogens is 1. The van der Waals surface area contributed by atoms with Gasteiger partial charge in [-0.3, -0.25) is 0 Å². The van der Waals surface area contributed by atoms with Crippen molar-refractivity contribution in [2.45, 2.75) is 20.5 Å². The van der Waals surface area contributed by atoms with E-state index in [1.165, 1.54) is 6.07 Å². The average Bonchev–Trinajstić information content (AvgIpc) is 2.66. The lowest BCUT2D eigenvalue weighted by Crippen LogP contribution is -2.02. The molecule has 1 N–H and O–H groups in total. The second-order valence-corrected chi connectivity index (χ2v) is 3.98. The number of halogens is 1. The van der Waals surface area contributed by atoms with Crippen LogP contribution in [0.15, 0.2) is 22.6 Å². The Morgan fingerprint density at radius 1 is 1.47 bits per heavy atom. The minimum Gasteiger partial charge on any atom is -0.484 e. The largest absolute Gasteiger partial charge is 0.484 e. The summed E-state index contributed by atoms with van der Waals surface area (Å²) in [5.41, 5.74) is 0.376. The molecule has 0 aliphatic carbocycles. The van der Waals surface area contributed by atoms with E-state index in [4.69, 9.17) is 14.3 Å². The predicted octanol–water partition coefficient (Wildman–Crippen LogP) is 2.71. The van der Waals surface area contributed by atoms with Gasteiger partial charge >= 0.3 is 5.97 Å². The van der Waals surface area contributed by atoms with Crippen LogP contribution in [0.3, 0.4) is 0 Å². The maximum Gasteiger partial charge on any atom is 0.338 e. The molecule has 0 spiro atoms. The van der Waals surface area contributed by atoms with E-state index in [2.05, 4.69) is 4.98 Å². The van der Waals surface area contributed by atoms with Gasteiger partial charge in [0.15, 0.2) is 6.61 Å². The summed E-state index contributed by atoms with van der Waals surface area (Å²) in [5.74, 6) is -0.854. The van der Waals surface area contributed by atoms with Gasteiger partial charge in [-0.15, -0.1) is 0 Å². The normalized spacial score (nSPS) is 10.5. The number of carboxylic acids is 1. The standard InChI is InChI=1S/C13H12FNO4/c1-7-8(2)19-12(15-7)6-18-9-3-4-10(13(16)17)11(14)5-9/h3-5H,6H2,1-2H3,(H,16,17). The molecule has 0 saturated carbocycles. The summed E-state index contributed by atoms with van der Waals surface area (Å²) in [6, 6.07) is 3.56. The molecule has 0 bridgehead atoms. The first kappa shape index (κ1) is 13.1. The molecule has 0 aliphatic heterocycles. The van der Waals surface area contributed by atoms with Crippen molar-refractivity contribution >= 4 is 5.97 Å². The van der Waals surface area contributed by atoms with Crippen LogP contribution < -0.4 is 4.74 Å². The number of aromatic carboxylic acids is 1. The fourth-order valence-electron chi connectivity index (χ4n) is 1.51. The van der Waals surface area contributed by atoms with Gasteiger partial charge in [0.05, 0.1) is 11.3 Å². The Bertz CT molecular complexity index is 602. The highest BCUT2D eigenvalue weighted by molar-refractivity contribution is 5.88. The Balaban J connectivity index is 2.08. The van der Waals surface area contributed by atoms with Gasteiger partial charge < -0.3 is 14.3 Å². The second kappa shape index (κ2) is 5.09. The Morgan fingerprint density at radius 3 is 2.74 bits per heavy atom. The fourth-order valence-corrected chi connectivity index (χ4v) is 1.51. The molecule has 6 heteroatoms. The highest BCUT2D eigenvalue weighted by atomic mass is 19.1. The van der Waals surface area contributed by atoms with Crippen molar-refractivity contribution in [1.82, 2.24) is 4.98 Å². The lowest BCUT2D eigenvalue weighted by atomic mass is 10.2. The molecule has 1 aromatic heterocycles. The first-order valence-electron chi connectivity index (χ1n) is 5.56. The number of aryl methyl sites for hydroxylation is 2. The summed E-state index contributed by atoms with van der Waals surface area (Å²) in [7, 11) is 0. The van der Waals surface area contributed by atoms with Crippen LogP contribution in [0.1, 0.15) is 27.7 Å². The Labute approximate surface area is 108 Å². The van der Waals surface area contributed by atoms with E-state index in [1.54, 1.807) is 6.92 Å². The number of nitrogens with zero attached hydrogens (tertiary/aromatic N) is 1. The molecule has 2 aromatic rings. The fraction of sp³-hybridized carbons (Fsp3) is 0.231. The van der Waals surface area contributed by atoms with E-state index in [-0.39, 0.29) is 12.4 Å².